The first-order valence-corrected chi connectivity index (χ1v) is 8.14. The van der Waals surface area contributed by atoms with E-state index < -0.39 is 0 Å². The van der Waals surface area contributed by atoms with Crippen molar-refractivity contribution in [3.8, 4) is 0 Å². The Bertz CT molecular complexity index is 390. The van der Waals surface area contributed by atoms with Crippen molar-refractivity contribution in [2.45, 2.75) is 58.5 Å². The van der Waals surface area contributed by atoms with Gasteiger partial charge in [-0.05, 0) is 56.8 Å². The topological polar surface area (TPSA) is 15.3 Å². The zero-order chi connectivity index (χ0) is 14.5. The van der Waals surface area contributed by atoms with E-state index in [2.05, 4.69) is 62.2 Å². The van der Waals surface area contributed by atoms with Gasteiger partial charge >= 0.3 is 0 Å². The first-order chi connectivity index (χ1) is 9.56. The molecule has 2 rings (SSSR count). The normalized spacial score (nSPS) is 19.4. The molecule has 0 spiro atoms. The average Bonchev–Trinajstić information content (AvgIpc) is 2.91. The minimum absolute atomic E-state index is 0.425. The lowest BCUT2D eigenvalue weighted by Gasteiger charge is -2.25. The van der Waals surface area contributed by atoms with Gasteiger partial charge in [-0.3, -0.25) is 0 Å². The monoisotopic (exact) mass is 274 g/mol. The molecule has 2 heteroatoms. The molecule has 0 aromatic heterocycles. The van der Waals surface area contributed by atoms with Crippen LogP contribution in [0.5, 0.6) is 0 Å². The Morgan fingerprint density at radius 1 is 0.950 bits per heavy atom. The smallest absolute Gasteiger partial charge is 0.0294 e. The van der Waals surface area contributed by atoms with Crippen LogP contribution < -0.4 is 5.32 Å². The van der Waals surface area contributed by atoms with E-state index in [9.17, 15) is 0 Å². The maximum Gasteiger partial charge on any atom is 0.0294 e. The number of benzene rings is 1. The highest BCUT2D eigenvalue weighted by molar-refractivity contribution is 5.26. The fourth-order valence-corrected chi connectivity index (χ4v) is 3.10. The summed E-state index contributed by atoms with van der Waals surface area (Å²) in [4.78, 5) is 2.58. The van der Waals surface area contributed by atoms with Gasteiger partial charge in [0.05, 0.1) is 0 Å². The molecule has 112 valence electrons. The van der Waals surface area contributed by atoms with Crippen LogP contribution in [0.4, 0.5) is 0 Å². The molecule has 0 saturated carbocycles. The summed E-state index contributed by atoms with van der Waals surface area (Å²) in [5.74, 6) is 0.612. The van der Waals surface area contributed by atoms with E-state index in [4.69, 9.17) is 0 Å². The Balaban J connectivity index is 1.85. The molecule has 2 atom stereocenters. The molecular weight excluding hydrogens is 244 g/mol. The fourth-order valence-electron chi connectivity index (χ4n) is 3.10. The molecule has 1 aliphatic rings. The van der Waals surface area contributed by atoms with Crippen molar-refractivity contribution in [1.29, 1.82) is 0 Å². The van der Waals surface area contributed by atoms with Gasteiger partial charge in [0, 0.05) is 18.6 Å². The van der Waals surface area contributed by atoms with Gasteiger partial charge in [0.2, 0.25) is 0 Å². The summed E-state index contributed by atoms with van der Waals surface area (Å²) >= 11 is 0. The molecule has 0 aliphatic carbocycles. The summed E-state index contributed by atoms with van der Waals surface area (Å²) in [5.41, 5.74) is 2.81. The van der Waals surface area contributed by atoms with Crippen LogP contribution in [0.1, 0.15) is 63.6 Å². The third-order valence-electron chi connectivity index (χ3n) is 4.37. The van der Waals surface area contributed by atoms with Gasteiger partial charge in [-0.25, -0.2) is 0 Å². The second kappa shape index (κ2) is 7.24. The Kier molecular flexibility index (Phi) is 5.62. The molecular formula is C18H30N2. The molecule has 0 amide bonds. The molecule has 1 aromatic carbocycles. The first-order valence-electron chi connectivity index (χ1n) is 8.14. The van der Waals surface area contributed by atoms with Crippen LogP contribution >= 0.6 is 0 Å². The van der Waals surface area contributed by atoms with Crippen molar-refractivity contribution in [3.05, 3.63) is 35.4 Å². The van der Waals surface area contributed by atoms with Crippen molar-refractivity contribution in [3.63, 3.8) is 0 Å². The summed E-state index contributed by atoms with van der Waals surface area (Å²) in [6, 6.07) is 10.1. The third kappa shape index (κ3) is 4.32. The van der Waals surface area contributed by atoms with Crippen LogP contribution in [0, 0.1) is 0 Å². The van der Waals surface area contributed by atoms with E-state index in [1.165, 1.54) is 43.6 Å². The molecule has 1 aliphatic heterocycles. The average molecular weight is 274 g/mol. The van der Waals surface area contributed by atoms with E-state index in [0.29, 0.717) is 18.0 Å². The Labute approximate surface area is 124 Å². The summed E-state index contributed by atoms with van der Waals surface area (Å²) in [6.45, 7) is 12.8. The number of hydrogen-bond donors (Lipinski definition) is 1. The lowest BCUT2D eigenvalue weighted by molar-refractivity contribution is 0.289. The molecule has 1 saturated heterocycles. The molecule has 1 heterocycles. The van der Waals surface area contributed by atoms with Gasteiger partial charge in [0.1, 0.15) is 0 Å². The highest BCUT2D eigenvalue weighted by Gasteiger charge is 2.16. The molecule has 2 unspecified atom stereocenters. The van der Waals surface area contributed by atoms with Crippen LogP contribution in [-0.4, -0.2) is 30.6 Å². The highest BCUT2D eigenvalue weighted by Crippen LogP contribution is 2.19. The Morgan fingerprint density at radius 3 is 2.05 bits per heavy atom. The van der Waals surface area contributed by atoms with E-state index in [0.717, 1.165) is 0 Å². The largest absolute Gasteiger partial charge is 0.306 e. The Hall–Kier alpha value is -0.860. The molecule has 20 heavy (non-hydrogen) atoms. The van der Waals surface area contributed by atoms with E-state index in [-0.39, 0.29) is 0 Å². The van der Waals surface area contributed by atoms with E-state index in [1.807, 2.05) is 0 Å². The van der Waals surface area contributed by atoms with Crippen molar-refractivity contribution in [1.82, 2.24) is 10.2 Å². The van der Waals surface area contributed by atoms with E-state index >= 15 is 0 Å². The molecule has 0 bridgehead atoms. The zero-order valence-electron chi connectivity index (χ0n) is 13.5. The summed E-state index contributed by atoms with van der Waals surface area (Å²) < 4.78 is 0. The van der Waals surface area contributed by atoms with Gasteiger partial charge in [-0.1, -0.05) is 38.1 Å². The quantitative estimate of drug-likeness (QED) is 0.845. The SMILES string of the molecule is CC(CN1CCCC1)NC(C)c1ccc(C(C)C)cc1. The second-order valence-electron chi connectivity index (χ2n) is 6.62. The molecule has 1 fully saturated rings. The minimum Gasteiger partial charge on any atom is -0.306 e. The van der Waals surface area contributed by atoms with Crippen LogP contribution in [0.2, 0.25) is 0 Å². The number of nitrogens with zero attached hydrogens (tertiary/aromatic N) is 1. The highest BCUT2D eigenvalue weighted by atomic mass is 15.2. The molecule has 0 radical (unpaired) electrons. The maximum atomic E-state index is 3.73. The van der Waals surface area contributed by atoms with Gasteiger partial charge < -0.3 is 10.2 Å². The van der Waals surface area contributed by atoms with Crippen molar-refractivity contribution in [2.75, 3.05) is 19.6 Å². The number of likely N-dealkylation sites (tertiary alicyclic amines) is 1. The number of hydrogen-bond acceptors (Lipinski definition) is 2. The van der Waals surface area contributed by atoms with Crippen molar-refractivity contribution >= 4 is 0 Å². The minimum atomic E-state index is 0.425. The predicted molar refractivity (Wildman–Crippen MR) is 87.2 cm³/mol. The lowest BCUT2D eigenvalue weighted by atomic mass is 9.99. The lowest BCUT2D eigenvalue weighted by Crippen LogP contribution is -2.39. The van der Waals surface area contributed by atoms with Crippen molar-refractivity contribution in [2.24, 2.45) is 0 Å². The number of nitrogens with one attached hydrogen (secondary N) is 1. The molecule has 1 N–H and O–H groups in total. The number of rotatable bonds is 6. The predicted octanol–water partition coefficient (Wildman–Crippen LogP) is 3.94. The van der Waals surface area contributed by atoms with Crippen LogP contribution in [0.25, 0.3) is 0 Å². The third-order valence-corrected chi connectivity index (χ3v) is 4.37. The summed E-state index contributed by atoms with van der Waals surface area (Å²) in [5, 5.41) is 3.73. The maximum absolute atomic E-state index is 3.73. The summed E-state index contributed by atoms with van der Waals surface area (Å²) in [6.07, 6.45) is 2.75. The van der Waals surface area contributed by atoms with Crippen molar-refractivity contribution < 1.29 is 0 Å². The second-order valence-corrected chi connectivity index (χ2v) is 6.62. The van der Waals surface area contributed by atoms with Gasteiger partial charge in [-0.2, -0.15) is 0 Å². The zero-order valence-corrected chi connectivity index (χ0v) is 13.5. The molecule has 1 aromatic rings. The first kappa shape index (κ1) is 15.5. The van der Waals surface area contributed by atoms with E-state index in [1.54, 1.807) is 0 Å². The Morgan fingerprint density at radius 2 is 1.50 bits per heavy atom. The summed E-state index contributed by atoms with van der Waals surface area (Å²) in [7, 11) is 0. The van der Waals surface area contributed by atoms with Gasteiger partial charge in [-0.15, -0.1) is 0 Å². The van der Waals surface area contributed by atoms with Gasteiger partial charge in [0.25, 0.3) is 0 Å². The van der Waals surface area contributed by atoms with Gasteiger partial charge in [0.15, 0.2) is 0 Å². The van der Waals surface area contributed by atoms with Crippen LogP contribution in [0.3, 0.4) is 0 Å². The van der Waals surface area contributed by atoms with Crippen LogP contribution in [-0.2, 0) is 0 Å². The fraction of sp³-hybridized carbons (Fsp3) is 0.667. The standard InChI is InChI=1S/C18H30N2/c1-14(2)17-7-9-18(10-8-17)16(4)19-15(3)13-20-11-5-6-12-20/h7-10,14-16,19H,5-6,11-13H2,1-4H3. The molecule has 2 nitrogen and oxygen atoms in total. The van der Waals surface area contributed by atoms with Crippen LogP contribution in [0.15, 0.2) is 24.3 Å².